The van der Waals surface area contributed by atoms with Crippen molar-refractivity contribution in [3.63, 3.8) is 0 Å². The van der Waals surface area contributed by atoms with E-state index in [0.29, 0.717) is 33.7 Å². The predicted molar refractivity (Wildman–Crippen MR) is 92.5 cm³/mol. The van der Waals surface area contributed by atoms with Crippen molar-refractivity contribution in [2.24, 2.45) is 0 Å². The number of likely N-dealkylation sites (N-methyl/N-ethyl adjacent to an activating group) is 1. The SMILES string of the molecule is CCOc1cc(Br)cc(/C=C2\SC(=S)N(CC)C2=O)c1O. The minimum Gasteiger partial charge on any atom is -0.504 e. The number of phenols is 1. The molecule has 0 unspecified atom stereocenters. The number of hydrogen-bond acceptors (Lipinski definition) is 5. The first kappa shape index (κ1) is 16.3. The first-order valence-corrected chi connectivity index (χ1v) is 8.40. The molecule has 7 heteroatoms. The van der Waals surface area contributed by atoms with Crippen LogP contribution in [0.2, 0.25) is 0 Å². The molecule has 0 bridgehead atoms. The van der Waals surface area contributed by atoms with Crippen LogP contribution in [0.1, 0.15) is 19.4 Å². The van der Waals surface area contributed by atoms with Crippen molar-refractivity contribution in [2.45, 2.75) is 13.8 Å². The number of thioether (sulfide) groups is 1. The highest BCUT2D eigenvalue weighted by molar-refractivity contribution is 9.10. The van der Waals surface area contributed by atoms with Gasteiger partial charge in [-0.1, -0.05) is 39.9 Å². The zero-order chi connectivity index (χ0) is 15.6. The fraction of sp³-hybridized carbons (Fsp3) is 0.286. The summed E-state index contributed by atoms with van der Waals surface area (Å²) in [7, 11) is 0. The Balaban J connectivity index is 2.42. The lowest BCUT2D eigenvalue weighted by molar-refractivity contribution is -0.121. The third-order valence-corrected chi connectivity index (χ3v) is 4.68. The van der Waals surface area contributed by atoms with Gasteiger partial charge in [0.2, 0.25) is 0 Å². The van der Waals surface area contributed by atoms with E-state index in [1.807, 2.05) is 13.8 Å². The number of amides is 1. The van der Waals surface area contributed by atoms with E-state index < -0.39 is 0 Å². The number of hydrogen-bond donors (Lipinski definition) is 1. The largest absolute Gasteiger partial charge is 0.504 e. The second-order valence-corrected chi connectivity index (χ2v) is 6.79. The summed E-state index contributed by atoms with van der Waals surface area (Å²) in [5, 5.41) is 10.2. The van der Waals surface area contributed by atoms with Gasteiger partial charge in [0.1, 0.15) is 4.32 Å². The maximum atomic E-state index is 12.2. The third-order valence-electron chi connectivity index (χ3n) is 2.85. The number of carbonyl (C=O) groups excluding carboxylic acids is 1. The molecule has 0 aliphatic carbocycles. The minimum atomic E-state index is -0.134. The van der Waals surface area contributed by atoms with E-state index in [4.69, 9.17) is 17.0 Å². The molecule has 0 saturated carbocycles. The first-order chi connectivity index (χ1) is 9.97. The molecule has 0 aromatic heterocycles. The lowest BCUT2D eigenvalue weighted by atomic mass is 10.1. The van der Waals surface area contributed by atoms with Crippen LogP contribution in [0.4, 0.5) is 0 Å². The van der Waals surface area contributed by atoms with Gasteiger partial charge >= 0.3 is 0 Å². The molecular formula is C14H14BrNO3S2. The van der Waals surface area contributed by atoms with Crippen LogP contribution in [0.25, 0.3) is 6.08 Å². The molecule has 1 N–H and O–H groups in total. The van der Waals surface area contributed by atoms with E-state index in [1.165, 1.54) is 16.7 Å². The Morgan fingerprint density at radius 1 is 1.48 bits per heavy atom. The Hall–Kier alpha value is -1.05. The summed E-state index contributed by atoms with van der Waals surface area (Å²) in [6, 6.07) is 3.42. The highest BCUT2D eigenvalue weighted by atomic mass is 79.9. The van der Waals surface area contributed by atoms with Gasteiger partial charge in [0.25, 0.3) is 5.91 Å². The van der Waals surface area contributed by atoms with Crippen molar-refractivity contribution in [2.75, 3.05) is 13.2 Å². The number of rotatable bonds is 4. The van der Waals surface area contributed by atoms with E-state index in [2.05, 4.69) is 15.9 Å². The highest BCUT2D eigenvalue weighted by Crippen LogP contribution is 2.38. The van der Waals surface area contributed by atoms with Crippen molar-refractivity contribution in [1.29, 1.82) is 0 Å². The van der Waals surface area contributed by atoms with Crippen molar-refractivity contribution in [1.82, 2.24) is 4.90 Å². The van der Waals surface area contributed by atoms with Gasteiger partial charge in [-0.2, -0.15) is 0 Å². The van der Waals surface area contributed by atoms with Crippen LogP contribution in [0.15, 0.2) is 21.5 Å². The Kier molecular flexibility index (Phi) is 5.29. The summed E-state index contributed by atoms with van der Waals surface area (Å²) in [6.07, 6.45) is 1.64. The summed E-state index contributed by atoms with van der Waals surface area (Å²) in [5.41, 5.74) is 0.518. The summed E-state index contributed by atoms with van der Waals surface area (Å²) in [4.78, 5) is 14.2. The fourth-order valence-corrected chi connectivity index (χ4v) is 3.71. The van der Waals surface area contributed by atoms with Crippen LogP contribution in [0.3, 0.4) is 0 Å². The zero-order valence-electron chi connectivity index (χ0n) is 11.6. The summed E-state index contributed by atoms with van der Waals surface area (Å²) >= 11 is 9.77. The van der Waals surface area contributed by atoms with Gasteiger partial charge in [-0.3, -0.25) is 9.69 Å². The topological polar surface area (TPSA) is 49.8 Å². The normalized spacial score (nSPS) is 16.9. The average molecular weight is 388 g/mol. The second kappa shape index (κ2) is 6.81. The number of benzene rings is 1. The molecule has 1 aromatic rings. The molecule has 0 radical (unpaired) electrons. The monoisotopic (exact) mass is 387 g/mol. The lowest BCUT2D eigenvalue weighted by Gasteiger charge is -2.10. The van der Waals surface area contributed by atoms with Gasteiger partial charge in [-0.25, -0.2) is 0 Å². The van der Waals surface area contributed by atoms with E-state index in [1.54, 1.807) is 18.2 Å². The van der Waals surface area contributed by atoms with Crippen molar-refractivity contribution < 1.29 is 14.6 Å². The van der Waals surface area contributed by atoms with Gasteiger partial charge in [0.05, 0.1) is 11.5 Å². The number of nitrogens with zero attached hydrogens (tertiary/aromatic N) is 1. The Morgan fingerprint density at radius 3 is 2.76 bits per heavy atom. The zero-order valence-corrected chi connectivity index (χ0v) is 14.8. The second-order valence-electron chi connectivity index (χ2n) is 4.20. The van der Waals surface area contributed by atoms with Crippen LogP contribution >= 0.6 is 39.9 Å². The molecule has 1 fully saturated rings. The smallest absolute Gasteiger partial charge is 0.266 e. The molecule has 4 nitrogen and oxygen atoms in total. The third kappa shape index (κ3) is 3.41. The van der Waals surface area contributed by atoms with Crippen LogP contribution in [-0.4, -0.2) is 33.4 Å². The minimum absolute atomic E-state index is 0.0156. The van der Waals surface area contributed by atoms with Gasteiger partial charge in [0.15, 0.2) is 11.5 Å². The molecule has 1 aliphatic heterocycles. The molecule has 1 aromatic carbocycles. The number of aromatic hydroxyl groups is 1. The number of thiocarbonyl (C=S) groups is 1. The number of phenolic OH excluding ortho intramolecular Hbond substituents is 1. The van der Waals surface area contributed by atoms with Crippen molar-refractivity contribution >= 4 is 56.2 Å². The van der Waals surface area contributed by atoms with Crippen LogP contribution in [-0.2, 0) is 4.79 Å². The maximum Gasteiger partial charge on any atom is 0.266 e. The molecule has 1 heterocycles. The van der Waals surface area contributed by atoms with E-state index in [9.17, 15) is 9.90 Å². The summed E-state index contributed by atoms with van der Waals surface area (Å²) in [5.74, 6) is 0.260. The molecule has 0 atom stereocenters. The molecule has 1 amide bonds. The van der Waals surface area contributed by atoms with E-state index in [0.717, 1.165) is 4.47 Å². The van der Waals surface area contributed by atoms with Gasteiger partial charge in [-0.15, -0.1) is 0 Å². The summed E-state index contributed by atoms with van der Waals surface area (Å²) < 4.78 is 6.68. The Morgan fingerprint density at radius 2 is 2.19 bits per heavy atom. The predicted octanol–water partition coefficient (Wildman–Crippen LogP) is 3.77. The van der Waals surface area contributed by atoms with Crippen molar-refractivity contribution in [3.8, 4) is 11.5 Å². The highest BCUT2D eigenvalue weighted by Gasteiger charge is 2.30. The Labute approximate surface area is 141 Å². The van der Waals surface area contributed by atoms with E-state index in [-0.39, 0.29) is 11.7 Å². The molecule has 0 spiro atoms. The molecule has 112 valence electrons. The molecule has 1 aliphatic rings. The first-order valence-electron chi connectivity index (χ1n) is 6.38. The summed E-state index contributed by atoms with van der Waals surface area (Å²) in [6.45, 7) is 4.70. The van der Waals surface area contributed by atoms with Crippen LogP contribution < -0.4 is 4.74 Å². The standard InChI is InChI=1S/C14H14BrNO3S2/c1-3-16-13(18)11(21-14(16)20)6-8-5-9(15)7-10(12(8)17)19-4-2/h5-7,17H,3-4H2,1-2H3/b11-6-. The molecular weight excluding hydrogens is 374 g/mol. The van der Waals surface area contributed by atoms with Crippen molar-refractivity contribution in [3.05, 3.63) is 27.1 Å². The van der Waals surface area contributed by atoms with Gasteiger partial charge in [0, 0.05) is 16.6 Å². The maximum absolute atomic E-state index is 12.2. The number of ether oxygens (including phenoxy) is 1. The quantitative estimate of drug-likeness (QED) is 0.629. The number of carbonyl (C=O) groups is 1. The lowest BCUT2D eigenvalue weighted by Crippen LogP contribution is -2.27. The molecule has 1 saturated heterocycles. The van der Waals surface area contributed by atoms with Crippen LogP contribution in [0.5, 0.6) is 11.5 Å². The number of halogens is 1. The molecule has 2 rings (SSSR count). The average Bonchev–Trinajstić information content (AvgIpc) is 2.69. The fourth-order valence-electron chi connectivity index (χ4n) is 1.88. The Bertz CT molecular complexity index is 631. The van der Waals surface area contributed by atoms with Gasteiger partial charge in [-0.05, 0) is 32.1 Å². The molecule has 21 heavy (non-hydrogen) atoms. The van der Waals surface area contributed by atoms with Gasteiger partial charge < -0.3 is 9.84 Å². The van der Waals surface area contributed by atoms with Crippen LogP contribution in [0, 0.1) is 0 Å². The van der Waals surface area contributed by atoms with E-state index >= 15 is 0 Å².